The zero-order chi connectivity index (χ0) is 14.7. The molecule has 0 radical (unpaired) electrons. The maximum absolute atomic E-state index is 3.53. The van der Waals surface area contributed by atoms with Crippen LogP contribution in [0.4, 0.5) is 0 Å². The van der Waals surface area contributed by atoms with Crippen LogP contribution in [0.3, 0.4) is 0 Å². The van der Waals surface area contributed by atoms with Crippen LogP contribution in [0.2, 0.25) is 0 Å². The third-order valence-electron chi connectivity index (χ3n) is 4.10. The molecular formula is C18H24N2S. The van der Waals surface area contributed by atoms with Gasteiger partial charge in [0.1, 0.15) is 0 Å². The number of thiophene rings is 1. The molecule has 0 spiro atoms. The van der Waals surface area contributed by atoms with Crippen LogP contribution in [0.5, 0.6) is 0 Å². The Morgan fingerprint density at radius 1 is 1.19 bits per heavy atom. The third kappa shape index (κ3) is 3.73. The molecule has 0 bridgehead atoms. The van der Waals surface area contributed by atoms with Crippen molar-refractivity contribution < 1.29 is 0 Å². The van der Waals surface area contributed by atoms with E-state index in [2.05, 4.69) is 59.8 Å². The Kier molecular flexibility index (Phi) is 4.73. The molecule has 2 heterocycles. The summed E-state index contributed by atoms with van der Waals surface area (Å²) in [6, 6.07) is 11.7. The summed E-state index contributed by atoms with van der Waals surface area (Å²) in [6.07, 6.45) is 1.21. The average Bonchev–Trinajstić information content (AvgIpc) is 2.94. The van der Waals surface area contributed by atoms with Gasteiger partial charge in [0.25, 0.3) is 0 Å². The maximum Gasteiger partial charge on any atom is 0.0248 e. The summed E-state index contributed by atoms with van der Waals surface area (Å²) >= 11 is 1.91. The Morgan fingerprint density at radius 3 is 2.81 bits per heavy atom. The molecule has 0 saturated carbocycles. The second-order valence-corrected chi connectivity index (χ2v) is 7.13. The SMILES string of the molecule is CC(C)NCc1ccccc1CN1CCc2sccc2C1. The van der Waals surface area contributed by atoms with E-state index < -0.39 is 0 Å². The van der Waals surface area contributed by atoms with Gasteiger partial charge in [0.2, 0.25) is 0 Å². The highest BCUT2D eigenvalue weighted by molar-refractivity contribution is 7.10. The number of nitrogens with one attached hydrogen (secondary N) is 1. The highest BCUT2D eigenvalue weighted by atomic mass is 32.1. The molecule has 0 saturated heterocycles. The van der Waals surface area contributed by atoms with Crippen molar-refractivity contribution in [1.29, 1.82) is 0 Å². The van der Waals surface area contributed by atoms with Gasteiger partial charge in [-0.15, -0.1) is 11.3 Å². The van der Waals surface area contributed by atoms with Gasteiger partial charge in [-0.05, 0) is 34.6 Å². The standard InChI is InChI=1S/C18H24N2S/c1-14(2)19-11-15-5-3-4-6-16(15)12-20-9-7-18-17(13-20)8-10-21-18/h3-6,8,10,14,19H,7,9,11-13H2,1-2H3. The van der Waals surface area contributed by atoms with E-state index in [0.29, 0.717) is 6.04 Å². The largest absolute Gasteiger partial charge is 0.310 e. The number of fused-ring (bicyclic) bond motifs is 1. The summed E-state index contributed by atoms with van der Waals surface area (Å²) in [5.41, 5.74) is 4.43. The molecule has 1 aliphatic rings. The summed E-state index contributed by atoms with van der Waals surface area (Å²) in [4.78, 5) is 4.16. The Hall–Kier alpha value is -1.16. The minimum atomic E-state index is 0.529. The number of benzene rings is 1. The number of hydrogen-bond donors (Lipinski definition) is 1. The van der Waals surface area contributed by atoms with Crippen LogP contribution >= 0.6 is 11.3 Å². The fourth-order valence-electron chi connectivity index (χ4n) is 2.88. The first kappa shape index (κ1) is 14.8. The van der Waals surface area contributed by atoms with Gasteiger partial charge in [0.05, 0.1) is 0 Å². The van der Waals surface area contributed by atoms with E-state index in [4.69, 9.17) is 0 Å². The lowest BCUT2D eigenvalue weighted by Crippen LogP contribution is -2.30. The minimum Gasteiger partial charge on any atom is -0.310 e. The average molecular weight is 300 g/mol. The second-order valence-electron chi connectivity index (χ2n) is 6.13. The van der Waals surface area contributed by atoms with Crippen LogP contribution in [0.1, 0.15) is 35.4 Å². The smallest absolute Gasteiger partial charge is 0.0248 e. The predicted molar refractivity (Wildman–Crippen MR) is 90.6 cm³/mol. The number of rotatable bonds is 5. The quantitative estimate of drug-likeness (QED) is 0.903. The molecule has 0 unspecified atom stereocenters. The number of hydrogen-bond acceptors (Lipinski definition) is 3. The van der Waals surface area contributed by atoms with Crippen LogP contribution in [-0.2, 0) is 26.1 Å². The molecule has 0 amide bonds. The Morgan fingerprint density at radius 2 is 2.00 bits per heavy atom. The molecule has 21 heavy (non-hydrogen) atoms. The van der Waals surface area contributed by atoms with Crippen molar-refractivity contribution in [3.63, 3.8) is 0 Å². The highest BCUT2D eigenvalue weighted by Crippen LogP contribution is 2.25. The monoisotopic (exact) mass is 300 g/mol. The van der Waals surface area contributed by atoms with E-state index in [1.165, 1.54) is 29.7 Å². The fraction of sp³-hybridized carbons (Fsp3) is 0.444. The predicted octanol–water partition coefficient (Wildman–Crippen LogP) is 3.80. The Labute approximate surface area is 131 Å². The van der Waals surface area contributed by atoms with Crippen molar-refractivity contribution in [2.75, 3.05) is 6.54 Å². The molecule has 1 aliphatic heterocycles. The third-order valence-corrected chi connectivity index (χ3v) is 5.12. The van der Waals surface area contributed by atoms with Crippen LogP contribution in [0.25, 0.3) is 0 Å². The Bertz CT molecular complexity index is 588. The summed E-state index contributed by atoms with van der Waals surface area (Å²) in [7, 11) is 0. The molecule has 0 fully saturated rings. The zero-order valence-electron chi connectivity index (χ0n) is 12.9. The first-order chi connectivity index (χ1) is 10.2. The molecule has 2 aromatic rings. The van der Waals surface area contributed by atoms with Gasteiger partial charge in [-0.25, -0.2) is 0 Å². The lowest BCUT2D eigenvalue weighted by atomic mass is 10.0. The van der Waals surface area contributed by atoms with E-state index >= 15 is 0 Å². The molecule has 1 N–H and O–H groups in total. The van der Waals surface area contributed by atoms with Crippen LogP contribution in [0, 0.1) is 0 Å². The molecule has 112 valence electrons. The summed E-state index contributed by atoms with van der Waals surface area (Å²) < 4.78 is 0. The topological polar surface area (TPSA) is 15.3 Å². The summed E-state index contributed by atoms with van der Waals surface area (Å²) in [5.74, 6) is 0. The molecule has 1 aromatic heterocycles. The van der Waals surface area contributed by atoms with E-state index in [1.807, 2.05) is 11.3 Å². The van der Waals surface area contributed by atoms with Crippen molar-refractivity contribution >= 4 is 11.3 Å². The second kappa shape index (κ2) is 6.73. The lowest BCUT2D eigenvalue weighted by Gasteiger charge is -2.27. The van der Waals surface area contributed by atoms with E-state index in [0.717, 1.165) is 19.6 Å². The zero-order valence-corrected chi connectivity index (χ0v) is 13.7. The fourth-order valence-corrected chi connectivity index (χ4v) is 3.77. The molecule has 0 atom stereocenters. The number of nitrogens with zero attached hydrogens (tertiary/aromatic N) is 1. The van der Waals surface area contributed by atoms with Gasteiger partial charge >= 0.3 is 0 Å². The van der Waals surface area contributed by atoms with Gasteiger partial charge < -0.3 is 5.32 Å². The van der Waals surface area contributed by atoms with Gasteiger partial charge in [-0.1, -0.05) is 38.1 Å². The van der Waals surface area contributed by atoms with Gasteiger partial charge in [-0.2, -0.15) is 0 Å². The summed E-state index contributed by atoms with van der Waals surface area (Å²) in [5, 5.41) is 5.76. The molecule has 1 aromatic carbocycles. The molecule has 0 aliphatic carbocycles. The van der Waals surface area contributed by atoms with Crippen molar-refractivity contribution in [2.24, 2.45) is 0 Å². The van der Waals surface area contributed by atoms with Crippen molar-refractivity contribution in [3.8, 4) is 0 Å². The van der Waals surface area contributed by atoms with E-state index in [9.17, 15) is 0 Å². The normalized spacial score (nSPS) is 15.4. The van der Waals surface area contributed by atoms with E-state index in [-0.39, 0.29) is 0 Å². The molecule has 3 rings (SSSR count). The van der Waals surface area contributed by atoms with Gasteiger partial charge in [-0.3, -0.25) is 4.90 Å². The summed E-state index contributed by atoms with van der Waals surface area (Å²) in [6.45, 7) is 8.71. The minimum absolute atomic E-state index is 0.529. The van der Waals surface area contributed by atoms with E-state index in [1.54, 1.807) is 4.88 Å². The molecule has 2 nitrogen and oxygen atoms in total. The van der Waals surface area contributed by atoms with Crippen LogP contribution in [-0.4, -0.2) is 17.5 Å². The first-order valence-corrected chi connectivity index (χ1v) is 8.68. The van der Waals surface area contributed by atoms with Crippen molar-refractivity contribution in [1.82, 2.24) is 10.2 Å². The Balaban J connectivity index is 1.68. The molecular weight excluding hydrogens is 276 g/mol. The highest BCUT2D eigenvalue weighted by Gasteiger charge is 2.17. The van der Waals surface area contributed by atoms with Crippen LogP contribution in [0.15, 0.2) is 35.7 Å². The molecule has 3 heteroatoms. The van der Waals surface area contributed by atoms with Gasteiger partial charge in [0.15, 0.2) is 0 Å². The van der Waals surface area contributed by atoms with Crippen LogP contribution < -0.4 is 5.32 Å². The van der Waals surface area contributed by atoms with Crippen molar-refractivity contribution in [2.45, 2.75) is 45.9 Å². The maximum atomic E-state index is 3.53. The van der Waals surface area contributed by atoms with Crippen molar-refractivity contribution in [3.05, 3.63) is 57.3 Å². The first-order valence-electron chi connectivity index (χ1n) is 7.80. The lowest BCUT2D eigenvalue weighted by molar-refractivity contribution is 0.246. The van der Waals surface area contributed by atoms with Gasteiger partial charge in [0, 0.05) is 37.1 Å².